The van der Waals surface area contributed by atoms with Gasteiger partial charge in [-0.3, -0.25) is 10.1 Å². The Balaban J connectivity index is 1.49. The van der Waals surface area contributed by atoms with Crippen molar-refractivity contribution in [3.05, 3.63) is 90.6 Å². The van der Waals surface area contributed by atoms with E-state index in [-0.39, 0.29) is 6.54 Å². The molecule has 0 unspecified atom stereocenters. The molecule has 5 aromatic rings. The van der Waals surface area contributed by atoms with Crippen molar-refractivity contribution in [3.63, 3.8) is 0 Å². The van der Waals surface area contributed by atoms with E-state index >= 15 is 0 Å². The lowest BCUT2D eigenvalue weighted by Gasteiger charge is -2.10. The van der Waals surface area contributed by atoms with Crippen LogP contribution >= 0.6 is 0 Å². The third-order valence-corrected chi connectivity index (χ3v) is 6.18. The van der Waals surface area contributed by atoms with E-state index < -0.39 is 10.0 Å². The molecule has 0 spiro atoms. The molecule has 9 heteroatoms. The lowest BCUT2D eigenvalue weighted by atomic mass is 10.00. The van der Waals surface area contributed by atoms with Gasteiger partial charge in [0.2, 0.25) is 10.0 Å². The molecule has 0 radical (unpaired) electrons. The molecule has 0 aliphatic carbocycles. The molecule has 2 aromatic heterocycles. The van der Waals surface area contributed by atoms with Crippen molar-refractivity contribution >= 4 is 26.7 Å². The monoisotopic (exact) mass is 485 g/mol. The first-order valence-electron chi connectivity index (χ1n) is 10.9. The molecule has 0 aliphatic rings. The highest BCUT2D eigenvalue weighted by atomic mass is 32.2. The van der Waals surface area contributed by atoms with Gasteiger partial charge in [0.15, 0.2) is 5.82 Å². The average molecular weight is 486 g/mol. The summed E-state index contributed by atoms with van der Waals surface area (Å²) in [5.74, 6) is 1.86. The van der Waals surface area contributed by atoms with Gasteiger partial charge >= 0.3 is 0 Å². The Kier molecular flexibility index (Phi) is 5.94. The van der Waals surface area contributed by atoms with Crippen LogP contribution in [0.4, 0.5) is 5.82 Å². The summed E-state index contributed by atoms with van der Waals surface area (Å²) in [6.45, 7) is 0.191. The fourth-order valence-corrected chi connectivity index (χ4v) is 4.29. The molecule has 5 rings (SSSR count). The number of benzene rings is 3. The van der Waals surface area contributed by atoms with Gasteiger partial charge in [-0.25, -0.2) is 13.1 Å². The van der Waals surface area contributed by atoms with Crippen molar-refractivity contribution in [1.29, 1.82) is 0 Å². The first-order valence-corrected chi connectivity index (χ1v) is 12.8. The van der Waals surface area contributed by atoms with Crippen molar-refractivity contribution in [2.75, 3.05) is 12.0 Å². The molecule has 0 fully saturated rings. The van der Waals surface area contributed by atoms with Crippen LogP contribution in [0, 0.1) is 0 Å². The third kappa shape index (κ3) is 5.01. The molecule has 35 heavy (non-hydrogen) atoms. The first kappa shape index (κ1) is 22.6. The first-order chi connectivity index (χ1) is 16.9. The standard InChI is InChI=1S/C26H23N5O3S/c1-35(32,33)29-15-17-6-5-7-19(14-17)24-25-23(26(27)31-30-25)22(16-28-24)18-10-12-21(13-11-18)34-20-8-3-2-4-9-20/h2-14,16,29H,15H2,1H3,(H3,27,30,31). The number of pyridine rings is 1. The highest BCUT2D eigenvalue weighted by Gasteiger charge is 2.16. The van der Waals surface area contributed by atoms with Gasteiger partial charge in [-0.05, 0) is 41.5 Å². The van der Waals surface area contributed by atoms with Gasteiger partial charge in [-0.1, -0.05) is 48.5 Å². The molecule has 0 bridgehead atoms. The van der Waals surface area contributed by atoms with Crippen LogP contribution in [0.25, 0.3) is 33.3 Å². The predicted molar refractivity (Wildman–Crippen MR) is 137 cm³/mol. The molecular weight excluding hydrogens is 462 g/mol. The molecule has 0 saturated carbocycles. The largest absolute Gasteiger partial charge is 0.457 e. The zero-order chi connectivity index (χ0) is 24.4. The summed E-state index contributed by atoms with van der Waals surface area (Å²) in [5, 5.41) is 8.01. The summed E-state index contributed by atoms with van der Waals surface area (Å²) in [5.41, 5.74) is 11.0. The van der Waals surface area contributed by atoms with Crippen LogP contribution in [-0.4, -0.2) is 29.9 Å². The topological polar surface area (TPSA) is 123 Å². The number of sulfonamides is 1. The van der Waals surface area contributed by atoms with E-state index in [1.54, 1.807) is 6.20 Å². The van der Waals surface area contributed by atoms with Gasteiger partial charge < -0.3 is 10.5 Å². The molecule has 0 atom stereocenters. The van der Waals surface area contributed by atoms with Gasteiger partial charge in [0.25, 0.3) is 0 Å². The fourth-order valence-electron chi connectivity index (χ4n) is 3.87. The number of nitrogens with two attached hydrogens (primary N) is 1. The molecule has 8 nitrogen and oxygen atoms in total. The number of nitrogen functional groups attached to an aromatic ring is 1. The van der Waals surface area contributed by atoms with Crippen LogP contribution < -0.4 is 15.2 Å². The Morgan fingerprint density at radius 2 is 1.69 bits per heavy atom. The number of rotatable bonds is 7. The van der Waals surface area contributed by atoms with Crippen molar-refractivity contribution in [3.8, 4) is 33.9 Å². The minimum atomic E-state index is -3.30. The van der Waals surface area contributed by atoms with Crippen molar-refractivity contribution in [2.24, 2.45) is 0 Å². The van der Waals surface area contributed by atoms with E-state index in [2.05, 4.69) is 14.9 Å². The van der Waals surface area contributed by atoms with Gasteiger partial charge in [0.05, 0.1) is 22.9 Å². The van der Waals surface area contributed by atoms with E-state index in [9.17, 15) is 8.42 Å². The number of anilines is 1. The second-order valence-corrected chi connectivity index (χ2v) is 9.95. The van der Waals surface area contributed by atoms with Gasteiger partial charge in [-0.2, -0.15) is 5.10 Å². The van der Waals surface area contributed by atoms with Gasteiger partial charge in [0.1, 0.15) is 11.5 Å². The maximum atomic E-state index is 11.5. The second kappa shape index (κ2) is 9.21. The molecule has 3 aromatic carbocycles. The SMILES string of the molecule is CS(=O)(=O)NCc1cccc(-c2ncc(-c3ccc(Oc4ccccc4)cc3)c3c(N)n[nH]c23)c1. The Morgan fingerprint density at radius 3 is 2.43 bits per heavy atom. The smallest absolute Gasteiger partial charge is 0.209 e. The molecule has 176 valence electrons. The zero-order valence-corrected chi connectivity index (χ0v) is 19.7. The minimum absolute atomic E-state index is 0.191. The highest BCUT2D eigenvalue weighted by molar-refractivity contribution is 7.88. The maximum absolute atomic E-state index is 11.5. The molecular formula is C26H23N5O3S. The Morgan fingerprint density at radius 1 is 0.943 bits per heavy atom. The van der Waals surface area contributed by atoms with Crippen molar-refractivity contribution < 1.29 is 13.2 Å². The lowest BCUT2D eigenvalue weighted by molar-refractivity contribution is 0.483. The van der Waals surface area contributed by atoms with Crippen LogP contribution in [0.2, 0.25) is 0 Å². The fraction of sp³-hybridized carbons (Fsp3) is 0.0769. The summed E-state index contributed by atoms with van der Waals surface area (Å²) in [6.07, 6.45) is 2.91. The summed E-state index contributed by atoms with van der Waals surface area (Å²) >= 11 is 0. The van der Waals surface area contributed by atoms with Crippen LogP contribution in [0.3, 0.4) is 0 Å². The maximum Gasteiger partial charge on any atom is 0.209 e. The quantitative estimate of drug-likeness (QED) is 0.307. The van der Waals surface area contributed by atoms with Gasteiger partial charge in [-0.15, -0.1) is 0 Å². The number of aromatic amines is 1. The lowest BCUT2D eigenvalue weighted by Crippen LogP contribution is -2.21. The second-order valence-electron chi connectivity index (χ2n) is 8.11. The van der Waals surface area contributed by atoms with Crippen molar-refractivity contribution in [2.45, 2.75) is 6.54 Å². The number of aromatic nitrogens is 3. The number of ether oxygens (including phenoxy) is 1. The summed E-state index contributed by atoms with van der Waals surface area (Å²) in [4.78, 5) is 4.71. The summed E-state index contributed by atoms with van der Waals surface area (Å²) in [7, 11) is -3.30. The van der Waals surface area contributed by atoms with Crippen LogP contribution in [0.15, 0.2) is 85.1 Å². The summed E-state index contributed by atoms with van der Waals surface area (Å²) in [6, 6.07) is 24.8. The molecule has 2 heterocycles. The number of hydrogen-bond acceptors (Lipinski definition) is 6. The number of nitrogens with zero attached hydrogens (tertiary/aromatic N) is 2. The van der Waals surface area contributed by atoms with Gasteiger partial charge in [0, 0.05) is 23.9 Å². The molecule has 0 aliphatic heterocycles. The van der Waals surface area contributed by atoms with E-state index in [0.29, 0.717) is 17.0 Å². The number of hydrogen-bond donors (Lipinski definition) is 3. The number of para-hydroxylation sites is 1. The summed E-state index contributed by atoms with van der Waals surface area (Å²) < 4.78 is 31.3. The Labute approximate surface area is 202 Å². The normalized spacial score (nSPS) is 11.6. The zero-order valence-electron chi connectivity index (χ0n) is 18.9. The van der Waals surface area contributed by atoms with Crippen molar-refractivity contribution in [1.82, 2.24) is 19.9 Å². The predicted octanol–water partition coefficient (Wildman–Crippen LogP) is 4.72. The van der Waals surface area contributed by atoms with E-state index in [0.717, 1.165) is 45.4 Å². The number of H-pyrrole nitrogens is 1. The third-order valence-electron chi connectivity index (χ3n) is 5.51. The van der Waals surface area contributed by atoms with E-state index in [4.69, 9.17) is 15.5 Å². The minimum Gasteiger partial charge on any atom is -0.457 e. The highest BCUT2D eigenvalue weighted by Crippen LogP contribution is 2.36. The van der Waals surface area contributed by atoms with Crippen LogP contribution in [0.5, 0.6) is 11.5 Å². The Bertz CT molecular complexity index is 1600. The number of fused-ring (bicyclic) bond motifs is 1. The van der Waals surface area contributed by atoms with Crippen LogP contribution in [0.1, 0.15) is 5.56 Å². The number of nitrogens with one attached hydrogen (secondary N) is 2. The van der Waals surface area contributed by atoms with E-state index in [1.165, 1.54) is 0 Å². The van der Waals surface area contributed by atoms with E-state index in [1.807, 2.05) is 78.9 Å². The van der Waals surface area contributed by atoms with Crippen LogP contribution in [-0.2, 0) is 16.6 Å². The Hall–Kier alpha value is -4.21. The molecule has 0 amide bonds. The average Bonchev–Trinajstić information content (AvgIpc) is 3.25. The molecule has 4 N–H and O–H groups in total. The molecule has 0 saturated heterocycles.